The van der Waals surface area contributed by atoms with Crippen molar-refractivity contribution in [1.29, 1.82) is 0 Å². The zero-order chi connectivity index (χ0) is 16.9. The van der Waals surface area contributed by atoms with Crippen molar-refractivity contribution in [2.45, 2.75) is 38.8 Å². The molecule has 1 heterocycles. The number of aliphatic hydroxyl groups is 2. The van der Waals surface area contributed by atoms with Gasteiger partial charge in [-0.15, -0.1) is 0 Å². The molecule has 1 aliphatic heterocycles. The zero-order valence-corrected chi connectivity index (χ0v) is 14.1. The molecule has 5 heteroatoms. The van der Waals surface area contributed by atoms with Gasteiger partial charge in [0.25, 0.3) is 5.91 Å². The van der Waals surface area contributed by atoms with E-state index < -0.39 is 5.60 Å². The highest BCUT2D eigenvalue weighted by molar-refractivity contribution is 5.94. The molecule has 1 aromatic rings. The van der Waals surface area contributed by atoms with Crippen LogP contribution in [0.5, 0.6) is 0 Å². The quantitative estimate of drug-likeness (QED) is 0.741. The molecule has 0 unspecified atom stereocenters. The number of carbonyl (C=O) groups is 1. The Hall–Kier alpha value is -1.43. The molecule has 1 saturated heterocycles. The van der Waals surface area contributed by atoms with E-state index >= 15 is 0 Å². The number of nitrogens with one attached hydrogen (secondary N) is 1. The van der Waals surface area contributed by atoms with E-state index in [4.69, 9.17) is 0 Å². The lowest BCUT2D eigenvalue weighted by Gasteiger charge is -2.31. The van der Waals surface area contributed by atoms with Gasteiger partial charge < -0.3 is 15.5 Å². The van der Waals surface area contributed by atoms with Crippen LogP contribution < -0.4 is 5.32 Å². The molecular formula is C18H28N2O3. The number of hydrogen-bond acceptors (Lipinski definition) is 4. The van der Waals surface area contributed by atoms with Gasteiger partial charge in [0.1, 0.15) is 0 Å². The van der Waals surface area contributed by atoms with E-state index in [0.717, 1.165) is 32.5 Å². The summed E-state index contributed by atoms with van der Waals surface area (Å²) in [5.41, 5.74) is 0.888. The molecule has 0 saturated carbocycles. The molecule has 1 aromatic carbocycles. The molecule has 0 radical (unpaired) electrons. The summed E-state index contributed by atoms with van der Waals surface area (Å²) < 4.78 is 0. The van der Waals surface area contributed by atoms with Gasteiger partial charge in [-0.05, 0) is 63.4 Å². The minimum Gasteiger partial charge on any atom is -0.396 e. The summed E-state index contributed by atoms with van der Waals surface area (Å²) in [5.74, 6) is 0.288. The topological polar surface area (TPSA) is 72.8 Å². The second-order valence-corrected chi connectivity index (χ2v) is 7.09. The third-order valence-corrected chi connectivity index (χ3v) is 4.27. The van der Waals surface area contributed by atoms with Gasteiger partial charge in [0.15, 0.2) is 0 Å². The van der Waals surface area contributed by atoms with Gasteiger partial charge in [0, 0.05) is 25.3 Å². The number of aliphatic hydroxyl groups excluding tert-OH is 1. The van der Waals surface area contributed by atoms with Crippen molar-refractivity contribution in [3.63, 3.8) is 0 Å². The van der Waals surface area contributed by atoms with Crippen LogP contribution in [0.2, 0.25) is 0 Å². The predicted octanol–water partition coefficient (Wildman–Crippen LogP) is 1.39. The van der Waals surface area contributed by atoms with Crippen LogP contribution in [0.1, 0.15) is 42.6 Å². The Labute approximate surface area is 138 Å². The lowest BCUT2D eigenvalue weighted by molar-refractivity contribution is 0.0694. The van der Waals surface area contributed by atoms with E-state index in [2.05, 4.69) is 10.2 Å². The minimum atomic E-state index is -0.906. The highest BCUT2D eigenvalue weighted by atomic mass is 16.3. The van der Waals surface area contributed by atoms with Crippen LogP contribution >= 0.6 is 0 Å². The number of amides is 1. The van der Waals surface area contributed by atoms with E-state index in [1.807, 2.05) is 24.3 Å². The number of benzene rings is 1. The molecule has 2 rings (SSSR count). The van der Waals surface area contributed by atoms with E-state index in [-0.39, 0.29) is 12.5 Å². The van der Waals surface area contributed by atoms with Crippen molar-refractivity contribution < 1.29 is 15.0 Å². The molecule has 0 bridgehead atoms. The van der Waals surface area contributed by atoms with Crippen molar-refractivity contribution in [2.24, 2.45) is 5.92 Å². The molecule has 1 fully saturated rings. The summed E-state index contributed by atoms with van der Waals surface area (Å²) >= 11 is 0. The highest BCUT2D eigenvalue weighted by Gasteiger charge is 2.18. The van der Waals surface area contributed by atoms with Gasteiger partial charge in [0.05, 0.1) is 5.60 Å². The summed E-state index contributed by atoms with van der Waals surface area (Å²) in [6, 6.07) is 7.62. The molecule has 1 aliphatic rings. The SMILES string of the molecule is CC(C)(O)CNC(=O)c1ccc(CN2CCC(CO)CC2)cc1. The van der Waals surface area contributed by atoms with Crippen LogP contribution in [0.4, 0.5) is 0 Å². The van der Waals surface area contributed by atoms with Crippen LogP contribution in [-0.4, -0.2) is 52.9 Å². The number of hydrogen-bond donors (Lipinski definition) is 3. The fourth-order valence-corrected chi connectivity index (χ4v) is 2.75. The largest absolute Gasteiger partial charge is 0.396 e. The standard InChI is InChI=1S/C18H28N2O3/c1-18(2,23)13-19-17(22)16-5-3-14(4-6-16)11-20-9-7-15(12-21)8-10-20/h3-6,15,21,23H,7-13H2,1-2H3,(H,19,22). The fourth-order valence-electron chi connectivity index (χ4n) is 2.75. The Morgan fingerprint density at radius 2 is 1.87 bits per heavy atom. The molecular weight excluding hydrogens is 292 g/mol. The van der Waals surface area contributed by atoms with E-state index in [9.17, 15) is 15.0 Å². The highest BCUT2D eigenvalue weighted by Crippen LogP contribution is 2.18. The molecule has 23 heavy (non-hydrogen) atoms. The van der Waals surface area contributed by atoms with Crippen molar-refractivity contribution in [2.75, 3.05) is 26.2 Å². The lowest BCUT2D eigenvalue weighted by Crippen LogP contribution is -2.38. The third-order valence-electron chi connectivity index (χ3n) is 4.27. The van der Waals surface area contributed by atoms with Crippen molar-refractivity contribution in [1.82, 2.24) is 10.2 Å². The summed E-state index contributed by atoms with van der Waals surface area (Å²) in [6.45, 7) is 6.75. The van der Waals surface area contributed by atoms with Gasteiger partial charge >= 0.3 is 0 Å². The molecule has 5 nitrogen and oxygen atoms in total. The van der Waals surface area contributed by atoms with Gasteiger partial charge in [-0.25, -0.2) is 0 Å². The normalized spacial score (nSPS) is 17.2. The number of likely N-dealkylation sites (tertiary alicyclic amines) is 1. The second-order valence-electron chi connectivity index (χ2n) is 7.09. The van der Waals surface area contributed by atoms with Crippen molar-refractivity contribution in [3.8, 4) is 0 Å². The predicted molar refractivity (Wildman–Crippen MR) is 90.2 cm³/mol. The molecule has 0 atom stereocenters. The lowest BCUT2D eigenvalue weighted by atomic mass is 9.97. The number of carbonyl (C=O) groups excluding carboxylic acids is 1. The van der Waals surface area contributed by atoms with E-state index in [1.165, 1.54) is 5.56 Å². The smallest absolute Gasteiger partial charge is 0.251 e. The molecule has 0 aliphatic carbocycles. The molecule has 0 aromatic heterocycles. The summed E-state index contributed by atoms with van der Waals surface area (Å²) in [7, 11) is 0. The van der Waals surface area contributed by atoms with Gasteiger partial charge in [0.2, 0.25) is 0 Å². The van der Waals surface area contributed by atoms with Crippen LogP contribution in [0, 0.1) is 5.92 Å². The van der Waals surface area contributed by atoms with Crippen LogP contribution in [0.15, 0.2) is 24.3 Å². The minimum absolute atomic E-state index is 0.164. The first kappa shape index (κ1) is 17.9. The van der Waals surface area contributed by atoms with Crippen molar-refractivity contribution in [3.05, 3.63) is 35.4 Å². The van der Waals surface area contributed by atoms with Gasteiger partial charge in [-0.3, -0.25) is 9.69 Å². The van der Waals surface area contributed by atoms with E-state index in [1.54, 1.807) is 13.8 Å². The average Bonchev–Trinajstić information content (AvgIpc) is 2.53. The first-order valence-electron chi connectivity index (χ1n) is 8.30. The molecule has 3 N–H and O–H groups in total. The van der Waals surface area contributed by atoms with Gasteiger partial charge in [-0.2, -0.15) is 0 Å². The van der Waals surface area contributed by atoms with Crippen molar-refractivity contribution >= 4 is 5.91 Å². The average molecular weight is 320 g/mol. The Morgan fingerprint density at radius 3 is 2.39 bits per heavy atom. The summed E-state index contributed by atoms with van der Waals surface area (Å²) in [5, 5.41) is 21.5. The first-order chi connectivity index (χ1) is 10.9. The third kappa shape index (κ3) is 5.94. The maximum Gasteiger partial charge on any atom is 0.251 e. The van der Waals surface area contributed by atoms with Gasteiger partial charge in [-0.1, -0.05) is 12.1 Å². The van der Waals surface area contributed by atoms with Crippen LogP contribution in [0.3, 0.4) is 0 Å². The number of piperidine rings is 1. The van der Waals surface area contributed by atoms with Crippen LogP contribution in [-0.2, 0) is 6.54 Å². The summed E-state index contributed by atoms with van der Waals surface area (Å²) in [6.07, 6.45) is 2.10. The first-order valence-corrected chi connectivity index (χ1v) is 8.30. The number of rotatable bonds is 6. The molecule has 128 valence electrons. The van der Waals surface area contributed by atoms with E-state index in [0.29, 0.717) is 18.1 Å². The summed E-state index contributed by atoms with van der Waals surface area (Å²) in [4.78, 5) is 14.4. The Kier molecular flexibility index (Phi) is 6.16. The Balaban J connectivity index is 1.84. The Bertz CT molecular complexity index is 500. The second kappa shape index (κ2) is 7.90. The Morgan fingerprint density at radius 1 is 1.26 bits per heavy atom. The zero-order valence-electron chi connectivity index (χ0n) is 14.1. The maximum atomic E-state index is 12.0. The fraction of sp³-hybridized carbons (Fsp3) is 0.611. The molecule has 0 spiro atoms. The number of nitrogens with zero attached hydrogens (tertiary/aromatic N) is 1. The maximum absolute atomic E-state index is 12.0. The van der Waals surface area contributed by atoms with Crippen LogP contribution in [0.25, 0.3) is 0 Å². The monoisotopic (exact) mass is 320 g/mol. The molecule has 1 amide bonds.